The summed E-state index contributed by atoms with van der Waals surface area (Å²) in [6, 6.07) is 9.15. The van der Waals surface area contributed by atoms with Gasteiger partial charge in [-0.3, -0.25) is 0 Å². The molecule has 1 atom stereocenters. The van der Waals surface area contributed by atoms with Crippen LogP contribution >= 0.6 is 0 Å². The number of allylic oxidation sites excluding steroid dienone is 1. The molecule has 1 aromatic rings. The van der Waals surface area contributed by atoms with Crippen molar-refractivity contribution in [2.24, 2.45) is 0 Å². The lowest BCUT2D eigenvalue weighted by Crippen LogP contribution is -2.21. The van der Waals surface area contributed by atoms with Gasteiger partial charge in [0.05, 0.1) is 5.56 Å². The fourth-order valence-electron chi connectivity index (χ4n) is 1.92. The second-order valence-electron chi connectivity index (χ2n) is 4.14. The summed E-state index contributed by atoms with van der Waals surface area (Å²) >= 11 is 0. The molecule has 84 valence electrons. The summed E-state index contributed by atoms with van der Waals surface area (Å²) in [6.45, 7) is 2.03. The van der Waals surface area contributed by atoms with E-state index in [0.29, 0.717) is 5.56 Å². The molecular formula is C14H16O2. The number of rotatable bonds is 2. The van der Waals surface area contributed by atoms with Gasteiger partial charge < -0.3 is 4.74 Å². The number of ether oxygens (including phenoxy) is 1. The fourth-order valence-corrected chi connectivity index (χ4v) is 1.92. The zero-order chi connectivity index (χ0) is 11.4. The third kappa shape index (κ3) is 2.51. The van der Waals surface area contributed by atoms with E-state index in [1.807, 2.05) is 25.1 Å². The molecule has 0 radical (unpaired) electrons. The van der Waals surface area contributed by atoms with Crippen molar-refractivity contribution >= 4 is 5.97 Å². The van der Waals surface area contributed by atoms with Crippen LogP contribution in [-0.2, 0) is 4.74 Å². The molecule has 2 nitrogen and oxygen atoms in total. The maximum Gasteiger partial charge on any atom is 0.338 e. The average Bonchev–Trinajstić information content (AvgIpc) is 2.33. The van der Waals surface area contributed by atoms with E-state index in [-0.39, 0.29) is 12.1 Å². The van der Waals surface area contributed by atoms with Crippen molar-refractivity contribution in [3.8, 4) is 0 Å². The first-order chi connectivity index (χ1) is 7.77. The monoisotopic (exact) mass is 216 g/mol. The van der Waals surface area contributed by atoms with Crippen molar-refractivity contribution in [3.63, 3.8) is 0 Å². The SMILES string of the molecule is CC1=CCCC[C@@H]1OC(=O)c1ccccc1. The van der Waals surface area contributed by atoms with Gasteiger partial charge in [-0.1, -0.05) is 24.3 Å². The van der Waals surface area contributed by atoms with E-state index in [1.165, 1.54) is 5.57 Å². The number of hydrogen-bond donors (Lipinski definition) is 0. The Balaban J connectivity index is 2.03. The van der Waals surface area contributed by atoms with Crippen LogP contribution in [0.25, 0.3) is 0 Å². The number of hydrogen-bond acceptors (Lipinski definition) is 2. The minimum atomic E-state index is -0.222. The lowest BCUT2D eigenvalue weighted by atomic mass is 9.98. The number of esters is 1. The molecular weight excluding hydrogens is 200 g/mol. The van der Waals surface area contributed by atoms with E-state index in [1.54, 1.807) is 12.1 Å². The summed E-state index contributed by atoms with van der Waals surface area (Å²) in [5.41, 5.74) is 1.80. The molecule has 0 aromatic heterocycles. The van der Waals surface area contributed by atoms with Crippen LogP contribution in [0.3, 0.4) is 0 Å². The lowest BCUT2D eigenvalue weighted by Gasteiger charge is -2.22. The van der Waals surface area contributed by atoms with Crippen molar-refractivity contribution in [2.45, 2.75) is 32.3 Å². The molecule has 0 aliphatic heterocycles. The lowest BCUT2D eigenvalue weighted by molar-refractivity contribution is 0.0346. The highest BCUT2D eigenvalue weighted by molar-refractivity contribution is 5.89. The van der Waals surface area contributed by atoms with Gasteiger partial charge in [0.1, 0.15) is 6.10 Å². The van der Waals surface area contributed by atoms with Gasteiger partial charge in [0.15, 0.2) is 0 Å². The largest absolute Gasteiger partial charge is 0.454 e. The van der Waals surface area contributed by atoms with Crippen LogP contribution in [0.1, 0.15) is 36.5 Å². The Hall–Kier alpha value is -1.57. The average molecular weight is 216 g/mol. The Bertz CT molecular complexity index is 392. The fraction of sp³-hybridized carbons (Fsp3) is 0.357. The third-order valence-electron chi connectivity index (χ3n) is 2.90. The Kier molecular flexibility index (Phi) is 3.40. The Morgan fingerprint density at radius 3 is 2.75 bits per heavy atom. The normalized spacial score (nSPS) is 20.1. The van der Waals surface area contributed by atoms with Crippen molar-refractivity contribution in [2.75, 3.05) is 0 Å². The molecule has 0 bridgehead atoms. The van der Waals surface area contributed by atoms with Crippen molar-refractivity contribution in [1.82, 2.24) is 0 Å². The van der Waals surface area contributed by atoms with Crippen LogP contribution < -0.4 is 0 Å². The van der Waals surface area contributed by atoms with E-state index in [9.17, 15) is 4.79 Å². The standard InChI is InChI=1S/C14H16O2/c1-11-7-5-6-10-13(11)16-14(15)12-8-3-2-4-9-12/h2-4,7-9,13H,5-6,10H2,1H3/t13-/m0/s1. The molecule has 0 N–H and O–H groups in total. The molecule has 1 aliphatic rings. The second-order valence-corrected chi connectivity index (χ2v) is 4.14. The van der Waals surface area contributed by atoms with Gasteiger partial charge in [0.25, 0.3) is 0 Å². The molecule has 0 unspecified atom stereocenters. The highest BCUT2D eigenvalue weighted by Gasteiger charge is 2.19. The topological polar surface area (TPSA) is 26.3 Å². The molecule has 2 rings (SSSR count). The third-order valence-corrected chi connectivity index (χ3v) is 2.90. The van der Waals surface area contributed by atoms with Crippen molar-refractivity contribution in [1.29, 1.82) is 0 Å². The smallest absolute Gasteiger partial charge is 0.338 e. The van der Waals surface area contributed by atoms with Crippen LogP contribution in [0, 0.1) is 0 Å². The maximum absolute atomic E-state index is 11.8. The zero-order valence-corrected chi connectivity index (χ0v) is 9.48. The predicted molar refractivity (Wildman–Crippen MR) is 63.3 cm³/mol. The Morgan fingerprint density at radius 1 is 1.31 bits per heavy atom. The van der Waals surface area contributed by atoms with E-state index < -0.39 is 0 Å². The van der Waals surface area contributed by atoms with Gasteiger partial charge in [-0.2, -0.15) is 0 Å². The van der Waals surface area contributed by atoms with Crippen LogP contribution in [0.2, 0.25) is 0 Å². The number of benzene rings is 1. The van der Waals surface area contributed by atoms with E-state index >= 15 is 0 Å². The molecule has 0 heterocycles. The molecule has 1 aliphatic carbocycles. The Morgan fingerprint density at radius 2 is 2.06 bits per heavy atom. The van der Waals surface area contributed by atoms with Crippen molar-refractivity contribution in [3.05, 3.63) is 47.5 Å². The van der Waals surface area contributed by atoms with Crippen LogP contribution in [0.5, 0.6) is 0 Å². The van der Waals surface area contributed by atoms with E-state index in [4.69, 9.17) is 4.74 Å². The highest BCUT2D eigenvalue weighted by Crippen LogP contribution is 2.21. The first-order valence-electron chi connectivity index (χ1n) is 5.70. The van der Waals surface area contributed by atoms with E-state index in [2.05, 4.69) is 6.08 Å². The molecule has 0 saturated heterocycles. The van der Waals surface area contributed by atoms with Crippen LogP contribution in [-0.4, -0.2) is 12.1 Å². The second kappa shape index (κ2) is 4.97. The highest BCUT2D eigenvalue weighted by atomic mass is 16.5. The summed E-state index contributed by atoms with van der Waals surface area (Å²) in [5.74, 6) is -0.222. The van der Waals surface area contributed by atoms with Crippen LogP contribution in [0.15, 0.2) is 42.0 Å². The van der Waals surface area contributed by atoms with E-state index in [0.717, 1.165) is 19.3 Å². The quantitative estimate of drug-likeness (QED) is 0.560. The summed E-state index contributed by atoms with van der Waals surface area (Å²) in [4.78, 5) is 11.8. The molecule has 0 saturated carbocycles. The minimum absolute atomic E-state index is 0.0264. The van der Waals surface area contributed by atoms with Gasteiger partial charge in [-0.25, -0.2) is 4.79 Å². The van der Waals surface area contributed by atoms with Gasteiger partial charge >= 0.3 is 5.97 Å². The molecule has 0 spiro atoms. The molecule has 1 aromatic carbocycles. The van der Waals surface area contributed by atoms with Crippen molar-refractivity contribution < 1.29 is 9.53 Å². The molecule has 0 fully saturated rings. The Labute approximate surface area is 95.9 Å². The first kappa shape index (κ1) is 10.9. The minimum Gasteiger partial charge on any atom is -0.454 e. The summed E-state index contributed by atoms with van der Waals surface area (Å²) in [5, 5.41) is 0. The van der Waals surface area contributed by atoms with Crippen LogP contribution in [0.4, 0.5) is 0 Å². The summed E-state index contributed by atoms with van der Waals surface area (Å²) in [6.07, 6.45) is 5.28. The van der Waals surface area contributed by atoms with Gasteiger partial charge in [0, 0.05) is 0 Å². The summed E-state index contributed by atoms with van der Waals surface area (Å²) in [7, 11) is 0. The van der Waals surface area contributed by atoms with Gasteiger partial charge in [0.2, 0.25) is 0 Å². The summed E-state index contributed by atoms with van der Waals surface area (Å²) < 4.78 is 5.48. The van der Waals surface area contributed by atoms with Gasteiger partial charge in [-0.15, -0.1) is 0 Å². The van der Waals surface area contributed by atoms with Gasteiger partial charge in [-0.05, 0) is 43.9 Å². The first-order valence-corrected chi connectivity index (χ1v) is 5.70. The number of carbonyl (C=O) groups is 1. The number of carbonyl (C=O) groups excluding carboxylic acids is 1. The predicted octanol–water partition coefficient (Wildman–Crippen LogP) is 3.34. The maximum atomic E-state index is 11.8. The molecule has 2 heteroatoms. The molecule has 16 heavy (non-hydrogen) atoms. The molecule has 0 amide bonds. The zero-order valence-electron chi connectivity index (χ0n) is 9.48.